The van der Waals surface area contributed by atoms with E-state index in [4.69, 9.17) is 4.74 Å². The first-order chi connectivity index (χ1) is 6.56. The molecule has 1 rings (SSSR count). The number of ether oxygens (including phenoxy) is 1. The number of nitrogens with zero attached hydrogens (tertiary/aromatic N) is 1. The van der Waals surface area contributed by atoms with Crippen LogP contribution in [-0.4, -0.2) is 20.8 Å². The Balaban J connectivity index is 3.31. The summed E-state index contributed by atoms with van der Waals surface area (Å²) in [4.78, 5) is 9.35. The van der Waals surface area contributed by atoms with Crippen LogP contribution in [0.5, 0.6) is 5.75 Å². The van der Waals surface area contributed by atoms with E-state index in [1.165, 1.54) is 13.2 Å². The van der Waals surface area contributed by atoms with Crippen LogP contribution < -0.4 is 4.74 Å². The van der Waals surface area contributed by atoms with Crippen molar-refractivity contribution in [2.45, 2.75) is 4.90 Å². The summed E-state index contributed by atoms with van der Waals surface area (Å²) in [6, 6.07) is 3.53. The second-order valence-corrected chi connectivity index (χ2v) is 3.23. The van der Waals surface area contributed by atoms with Gasteiger partial charge < -0.3 is 9.29 Å². The third-order valence-corrected chi connectivity index (χ3v) is 2.25. The van der Waals surface area contributed by atoms with Gasteiger partial charge in [-0.3, -0.25) is 14.3 Å². The van der Waals surface area contributed by atoms with Gasteiger partial charge in [-0.05, 0) is 23.2 Å². The minimum absolute atomic E-state index is 0.242. The average Bonchev–Trinajstić information content (AvgIpc) is 2.16. The summed E-state index contributed by atoms with van der Waals surface area (Å²) >= 11 is -2.62. The van der Waals surface area contributed by atoms with E-state index in [1.807, 2.05) is 0 Å². The van der Waals surface area contributed by atoms with Gasteiger partial charge in [-0.25, -0.2) is 0 Å². The molecule has 1 aromatic rings. The number of hydrogen-bond acceptors (Lipinski definition) is 5. The molecule has 0 aliphatic rings. The quantitative estimate of drug-likeness (QED) is 0.424. The smallest absolute Gasteiger partial charge is 0.287 e. The Labute approximate surface area is 81.9 Å². The second kappa shape index (κ2) is 4.16. The van der Waals surface area contributed by atoms with Crippen LogP contribution in [0, 0.1) is 10.1 Å². The summed E-state index contributed by atoms with van der Waals surface area (Å²) in [6.07, 6.45) is 0. The van der Waals surface area contributed by atoms with Gasteiger partial charge in [-0.1, -0.05) is 0 Å². The molecule has 0 fully saturated rings. The summed E-state index contributed by atoms with van der Waals surface area (Å²) in [5.41, 5.74) is -0.488. The van der Waals surface area contributed by atoms with Crippen LogP contribution in [0.15, 0.2) is 23.1 Å². The molecule has 76 valence electrons. The first-order valence-electron chi connectivity index (χ1n) is 3.48. The molecule has 0 saturated carbocycles. The Morgan fingerprint density at radius 1 is 1.50 bits per heavy atom. The molecule has 14 heavy (non-hydrogen) atoms. The molecule has 0 aliphatic heterocycles. The summed E-state index contributed by atoms with van der Waals surface area (Å²) in [5, 5.41) is 10.5. The molecule has 7 heteroatoms. The van der Waals surface area contributed by atoms with Crippen molar-refractivity contribution in [1.29, 1.82) is 0 Å². The molecule has 1 atom stereocenters. The Hall–Kier alpha value is -1.47. The van der Waals surface area contributed by atoms with Gasteiger partial charge in [0.15, 0.2) is 0 Å². The van der Waals surface area contributed by atoms with E-state index in [0.717, 1.165) is 12.1 Å². The number of benzene rings is 1. The van der Waals surface area contributed by atoms with Gasteiger partial charge in [0.05, 0.1) is 18.1 Å². The summed E-state index contributed by atoms with van der Waals surface area (Å²) in [5.74, 6) is 0.242. The molecule has 0 saturated heterocycles. The van der Waals surface area contributed by atoms with Crippen LogP contribution in [0.25, 0.3) is 0 Å². The van der Waals surface area contributed by atoms with Gasteiger partial charge in [-0.2, -0.15) is 0 Å². The third kappa shape index (κ3) is 2.06. The normalized spacial score (nSPS) is 12.1. The molecule has 6 nitrogen and oxygen atoms in total. The third-order valence-electron chi connectivity index (χ3n) is 1.54. The zero-order chi connectivity index (χ0) is 10.7. The van der Waals surface area contributed by atoms with Gasteiger partial charge in [0, 0.05) is 0 Å². The van der Waals surface area contributed by atoms with Crippen LogP contribution in [0.1, 0.15) is 0 Å². The topological polar surface area (TPSA) is 92.5 Å². The second-order valence-electron chi connectivity index (χ2n) is 2.33. The van der Waals surface area contributed by atoms with Gasteiger partial charge in [0.1, 0.15) is 10.6 Å². The highest BCUT2D eigenvalue weighted by molar-refractivity contribution is 7.79. The fourth-order valence-electron chi connectivity index (χ4n) is 0.908. The predicted octanol–water partition coefficient (Wildman–Crippen LogP) is 0.841. The summed E-state index contributed by atoms with van der Waals surface area (Å²) < 4.78 is 25.9. The van der Waals surface area contributed by atoms with Gasteiger partial charge in [-0.15, -0.1) is 0 Å². The number of nitro benzene ring substituents is 1. The van der Waals surface area contributed by atoms with E-state index in [0.29, 0.717) is 0 Å². The zero-order valence-electron chi connectivity index (χ0n) is 7.13. The SMILES string of the molecule is COc1ccc(S(=O)[O-])c([N+](=O)[O-])c1. The van der Waals surface area contributed by atoms with Crippen LogP contribution in [-0.2, 0) is 11.1 Å². The molecule has 0 amide bonds. The molecular weight excluding hydrogens is 210 g/mol. The molecular formula is C7H6NO5S-. The monoisotopic (exact) mass is 216 g/mol. The fourth-order valence-corrected chi connectivity index (χ4v) is 1.39. The largest absolute Gasteiger partial charge is 0.768 e. The van der Waals surface area contributed by atoms with Gasteiger partial charge >= 0.3 is 0 Å². The Morgan fingerprint density at radius 2 is 2.14 bits per heavy atom. The van der Waals surface area contributed by atoms with Crippen molar-refractivity contribution in [2.24, 2.45) is 0 Å². The van der Waals surface area contributed by atoms with E-state index in [9.17, 15) is 18.9 Å². The predicted molar refractivity (Wildman–Crippen MR) is 46.8 cm³/mol. The summed E-state index contributed by atoms with van der Waals surface area (Å²) in [6.45, 7) is 0. The van der Waals surface area contributed by atoms with E-state index in [-0.39, 0.29) is 10.6 Å². The number of hydrogen-bond donors (Lipinski definition) is 0. The Kier molecular flexibility index (Phi) is 3.15. The maximum Gasteiger partial charge on any atom is 0.287 e. The van der Waals surface area contributed by atoms with Crippen LogP contribution in [0.4, 0.5) is 5.69 Å². The lowest BCUT2D eigenvalue weighted by Crippen LogP contribution is -1.98. The van der Waals surface area contributed by atoms with Crippen LogP contribution in [0.3, 0.4) is 0 Å². The molecule has 1 unspecified atom stereocenters. The summed E-state index contributed by atoms with van der Waals surface area (Å²) in [7, 11) is 1.34. The van der Waals surface area contributed by atoms with Crippen molar-refractivity contribution in [3.63, 3.8) is 0 Å². The average molecular weight is 216 g/mol. The van der Waals surface area contributed by atoms with Crippen LogP contribution in [0.2, 0.25) is 0 Å². The molecule has 0 heterocycles. The molecule has 0 aromatic heterocycles. The lowest BCUT2D eigenvalue weighted by Gasteiger charge is -2.06. The number of methoxy groups -OCH3 is 1. The van der Waals surface area contributed by atoms with Crippen molar-refractivity contribution < 1.29 is 18.4 Å². The van der Waals surface area contributed by atoms with E-state index >= 15 is 0 Å². The highest BCUT2D eigenvalue weighted by Crippen LogP contribution is 2.26. The van der Waals surface area contributed by atoms with Crippen molar-refractivity contribution in [3.05, 3.63) is 28.3 Å². The number of rotatable bonds is 3. The molecule has 0 radical (unpaired) electrons. The lowest BCUT2D eigenvalue weighted by molar-refractivity contribution is -0.387. The highest BCUT2D eigenvalue weighted by atomic mass is 32.2. The molecule has 0 N–H and O–H groups in total. The Morgan fingerprint density at radius 3 is 2.57 bits per heavy atom. The zero-order valence-corrected chi connectivity index (χ0v) is 7.95. The van der Waals surface area contributed by atoms with E-state index in [1.54, 1.807) is 0 Å². The standard InChI is InChI=1S/C7H7NO5S/c1-13-5-2-3-7(14(11)12)6(4-5)8(9)10/h2-4H,1H3,(H,11,12)/p-1. The highest BCUT2D eigenvalue weighted by Gasteiger charge is 2.15. The van der Waals surface area contributed by atoms with Gasteiger partial charge in [0.2, 0.25) is 0 Å². The number of nitro groups is 1. The molecule has 0 bridgehead atoms. The van der Waals surface area contributed by atoms with E-state index in [2.05, 4.69) is 0 Å². The van der Waals surface area contributed by atoms with Crippen molar-refractivity contribution in [2.75, 3.05) is 7.11 Å². The first kappa shape index (κ1) is 10.6. The first-order valence-corrected chi connectivity index (χ1v) is 4.55. The maximum absolute atomic E-state index is 10.6. The van der Waals surface area contributed by atoms with Crippen molar-refractivity contribution in [1.82, 2.24) is 0 Å². The van der Waals surface area contributed by atoms with Gasteiger partial charge in [0.25, 0.3) is 5.69 Å². The van der Waals surface area contributed by atoms with Crippen molar-refractivity contribution in [3.8, 4) is 5.75 Å². The Bertz CT molecular complexity index is 392. The molecule has 1 aromatic carbocycles. The van der Waals surface area contributed by atoms with E-state index < -0.39 is 21.7 Å². The fraction of sp³-hybridized carbons (Fsp3) is 0.143. The maximum atomic E-state index is 10.6. The molecule has 0 aliphatic carbocycles. The lowest BCUT2D eigenvalue weighted by atomic mass is 10.3. The minimum atomic E-state index is -2.62. The molecule has 0 spiro atoms. The van der Waals surface area contributed by atoms with Crippen molar-refractivity contribution >= 4 is 16.8 Å². The minimum Gasteiger partial charge on any atom is -0.768 e. The van der Waals surface area contributed by atoms with Crippen LogP contribution >= 0.6 is 0 Å².